The van der Waals surface area contributed by atoms with Crippen molar-refractivity contribution in [2.75, 3.05) is 49.5 Å². The van der Waals surface area contributed by atoms with Gasteiger partial charge in [-0.3, -0.25) is 14.5 Å². The summed E-state index contributed by atoms with van der Waals surface area (Å²) < 4.78 is 5.81. The van der Waals surface area contributed by atoms with Crippen molar-refractivity contribution in [3.63, 3.8) is 0 Å². The largest absolute Gasteiger partial charge is 0.372 e. The maximum absolute atomic E-state index is 12.6. The summed E-state index contributed by atoms with van der Waals surface area (Å²) in [6.07, 6.45) is 6.90. The molecule has 0 aromatic heterocycles. The van der Waals surface area contributed by atoms with E-state index >= 15 is 0 Å². The highest BCUT2D eigenvalue weighted by Crippen LogP contribution is 2.22. The quantitative estimate of drug-likeness (QED) is 0.524. The van der Waals surface area contributed by atoms with Gasteiger partial charge >= 0.3 is 0 Å². The number of piperidine rings is 1. The van der Waals surface area contributed by atoms with Crippen LogP contribution in [0.4, 0.5) is 11.4 Å². The summed E-state index contributed by atoms with van der Waals surface area (Å²) in [5, 5.41) is 6.10. The number of hydrogen-bond acceptors (Lipinski definition) is 5. The van der Waals surface area contributed by atoms with Crippen molar-refractivity contribution < 1.29 is 14.3 Å². The van der Waals surface area contributed by atoms with Crippen LogP contribution in [0.15, 0.2) is 24.3 Å². The number of benzene rings is 1. The first-order chi connectivity index (χ1) is 15.9. The zero-order valence-corrected chi connectivity index (χ0v) is 20.6. The fourth-order valence-corrected chi connectivity index (χ4v) is 4.87. The van der Waals surface area contributed by atoms with Crippen LogP contribution < -0.4 is 15.5 Å². The Hall–Kier alpha value is -2.12. The van der Waals surface area contributed by atoms with E-state index < -0.39 is 0 Å². The maximum atomic E-state index is 12.6. The number of carbonyl (C=O) groups is 2. The predicted octanol–water partition coefficient (Wildman–Crippen LogP) is 3.65. The van der Waals surface area contributed by atoms with Crippen LogP contribution in [0.3, 0.4) is 0 Å². The highest BCUT2D eigenvalue weighted by atomic mass is 16.5. The first kappa shape index (κ1) is 25.5. The van der Waals surface area contributed by atoms with E-state index in [0.29, 0.717) is 13.1 Å². The lowest BCUT2D eigenvalue weighted by Crippen LogP contribution is -2.45. The summed E-state index contributed by atoms with van der Waals surface area (Å²) >= 11 is 0. The van der Waals surface area contributed by atoms with E-state index in [1.54, 1.807) is 0 Å². The maximum Gasteiger partial charge on any atom is 0.238 e. The molecule has 0 radical (unpaired) electrons. The fourth-order valence-electron chi connectivity index (χ4n) is 4.87. The van der Waals surface area contributed by atoms with Gasteiger partial charge in [0.15, 0.2) is 0 Å². The number of nitrogens with one attached hydrogen (secondary N) is 2. The lowest BCUT2D eigenvalue weighted by molar-refractivity contribution is -0.128. The molecule has 2 fully saturated rings. The summed E-state index contributed by atoms with van der Waals surface area (Å²) in [7, 11) is 0. The number of amides is 2. The number of unbranched alkanes of at least 4 members (excludes halogenated alkanes) is 3. The Bertz CT molecular complexity index is 744. The van der Waals surface area contributed by atoms with Crippen molar-refractivity contribution >= 4 is 23.2 Å². The molecule has 0 spiro atoms. The van der Waals surface area contributed by atoms with Crippen LogP contribution in [-0.2, 0) is 14.3 Å². The molecule has 2 amide bonds. The monoisotopic (exact) mass is 458 g/mol. The van der Waals surface area contributed by atoms with E-state index in [2.05, 4.69) is 53.3 Å². The number of ether oxygens (including phenoxy) is 1. The molecule has 2 saturated heterocycles. The Morgan fingerprint density at radius 1 is 1.03 bits per heavy atom. The van der Waals surface area contributed by atoms with Crippen LogP contribution in [0.5, 0.6) is 0 Å². The van der Waals surface area contributed by atoms with Crippen LogP contribution in [0, 0.1) is 5.92 Å². The molecule has 33 heavy (non-hydrogen) atoms. The highest BCUT2D eigenvalue weighted by molar-refractivity contribution is 5.92. The molecule has 2 N–H and O–H groups in total. The standard InChI is InChI=1S/C26H42N4O3/c1-4-5-6-7-14-27-26(32)22-9-8-15-29(18-22)19-25(31)28-23-10-12-24(13-11-23)30-16-20(2)33-21(3)17-30/h10-13,20-22H,4-9,14-19H2,1-3H3,(H,27,32)(H,28,31). The smallest absolute Gasteiger partial charge is 0.238 e. The topological polar surface area (TPSA) is 73.9 Å². The number of morpholine rings is 1. The third-order valence-electron chi connectivity index (χ3n) is 6.51. The molecule has 7 heteroatoms. The third kappa shape index (κ3) is 8.31. The summed E-state index contributed by atoms with van der Waals surface area (Å²) in [6, 6.07) is 8.04. The average Bonchev–Trinajstić information content (AvgIpc) is 2.79. The van der Waals surface area contributed by atoms with Gasteiger partial charge in [0.25, 0.3) is 0 Å². The van der Waals surface area contributed by atoms with Gasteiger partial charge in [-0.05, 0) is 63.9 Å². The predicted molar refractivity (Wildman–Crippen MR) is 134 cm³/mol. The van der Waals surface area contributed by atoms with Gasteiger partial charge in [-0.25, -0.2) is 0 Å². The molecule has 1 aromatic rings. The summed E-state index contributed by atoms with van der Waals surface area (Å²) in [4.78, 5) is 29.6. The van der Waals surface area contributed by atoms with Gasteiger partial charge in [0, 0.05) is 37.6 Å². The van der Waals surface area contributed by atoms with Gasteiger partial charge < -0.3 is 20.3 Å². The second-order valence-electron chi connectivity index (χ2n) is 9.68. The fraction of sp³-hybridized carbons (Fsp3) is 0.692. The van der Waals surface area contributed by atoms with Gasteiger partial charge in [0.1, 0.15) is 0 Å². The van der Waals surface area contributed by atoms with Gasteiger partial charge in [-0.2, -0.15) is 0 Å². The van der Waals surface area contributed by atoms with E-state index in [0.717, 1.165) is 56.8 Å². The first-order valence-corrected chi connectivity index (χ1v) is 12.7. The molecule has 7 nitrogen and oxygen atoms in total. The molecule has 1 aromatic carbocycles. The Kier molecular flexibility index (Phi) is 10.0. The Morgan fingerprint density at radius 2 is 1.76 bits per heavy atom. The number of anilines is 2. The van der Waals surface area contributed by atoms with E-state index in [-0.39, 0.29) is 29.9 Å². The van der Waals surface area contributed by atoms with Gasteiger partial charge in [-0.1, -0.05) is 26.2 Å². The molecule has 2 heterocycles. The van der Waals surface area contributed by atoms with Crippen molar-refractivity contribution in [2.45, 2.75) is 71.5 Å². The van der Waals surface area contributed by atoms with E-state index in [1.807, 2.05) is 12.1 Å². The lowest BCUT2D eigenvalue weighted by atomic mass is 9.97. The lowest BCUT2D eigenvalue weighted by Gasteiger charge is -2.36. The number of carbonyl (C=O) groups excluding carboxylic acids is 2. The second kappa shape index (κ2) is 12.9. The van der Waals surface area contributed by atoms with Crippen molar-refractivity contribution in [2.24, 2.45) is 5.92 Å². The molecule has 2 aliphatic rings. The number of nitrogens with zero attached hydrogens (tertiary/aromatic N) is 2. The van der Waals surface area contributed by atoms with Crippen molar-refractivity contribution in [1.29, 1.82) is 0 Å². The van der Waals surface area contributed by atoms with Crippen LogP contribution in [-0.4, -0.2) is 68.2 Å². The van der Waals surface area contributed by atoms with E-state index in [4.69, 9.17) is 4.74 Å². The van der Waals surface area contributed by atoms with Crippen molar-refractivity contribution in [1.82, 2.24) is 10.2 Å². The van der Waals surface area contributed by atoms with Crippen molar-refractivity contribution in [3.8, 4) is 0 Å². The number of hydrogen-bond donors (Lipinski definition) is 2. The molecular weight excluding hydrogens is 416 g/mol. The minimum atomic E-state index is -0.0306. The number of rotatable bonds is 10. The Balaban J connectivity index is 1.42. The Labute approximate surface area is 199 Å². The zero-order chi connectivity index (χ0) is 23.6. The molecule has 3 atom stereocenters. The summed E-state index contributed by atoms with van der Waals surface area (Å²) in [6.45, 7) is 10.7. The SMILES string of the molecule is CCCCCCNC(=O)C1CCCN(CC(=O)Nc2ccc(N3CC(C)OC(C)C3)cc2)C1. The first-order valence-electron chi connectivity index (χ1n) is 12.7. The molecule has 2 aliphatic heterocycles. The van der Waals surface area contributed by atoms with Crippen LogP contribution in [0.2, 0.25) is 0 Å². The molecular formula is C26H42N4O3. The molecule has 3 unspecified atom stereocenters. The molecule has 0 bridgehead atoms. The van der Waals surface area contributed by atoms with Gasteiger partial charge in [-0.15, -0.1) is 0 Å². The molecule has 0 aliphatic carbocycles. The Morgan fingerprint density at radius 3 is 2.45 bits per heavy atom. The summed E-state index contributed by atoms with van der Waals surface area (Å²) in [5.74, 6) is 0.0891. The van der Waals surface area contributed by atoms with Crippen LogP contribution in [0.1, 0.15) is 59.3 Å². The normalized spacial score (nSPS) is 23.8. The van der Waals surface area contributed by atoms with Crippen LogP contribution >= 0.6 is 0 Å². The summed E-state index contributed by atoms with van der Waals surface area (Å²) in [5.41, 5.74) is 1.95. The number of likely N-dealkylation sites (tertiary alicyclic amines) is 1. The average molecular weight is 459 g/mol. The van der Waals surface area contributed by atoms with Crippen molar-refractivity contribution in [3.05, 3.63) is 24.3 Å². The minimum absolute atomic E-state index is 0.0182. The zero-order valence-electron chi connectivity index (χ0n) is 20.6. The molecule has 3 rings (SSSR count). The van der Waals surface area contributed by atoms with Gasteiger partial charge in [0.05, 0.1) is 24.7 Å². The molecule has 184 valence electrons. The third-order valence-corrected chi connectivity index (χ3v) is 6.51. The minimum Gasteiger partial charge on any atom is -0.372 e. The highest BCUT2D eigenvalue weighted by Gasteiger charge is 2.27. The van der Waals surface area contributed by atoms with Gasteiger partial charge in [0.2, 0.25) is 11.8 Å². The van der Waals surface area contributed by atoms with E-state index in [1.165, 1.54) is 19.3 Å². The van der Waals surface area contributed by atoms with Crippen LogP contribution in [0.25, 0.3) is 0 Å². The molecule has 0 saturated carbocycles. The van der Waals surface area contributed by atoms with E-state index in [9.17, 15) is 9.59 Å². The second-order valence-corrected chi connectivity index (χ2v) is 9.68.